The Morgan fingerprint density at radius 3 is 1.24 bits per heavy atom. The number of Topliss-reactive ketones (excluding diaryl/α,β-unsaturated/α-hetero) is 2. The van der Waals surface area contributed by atoms with Gasteiger partial charge in [0, 0.05) is 39.9 Å². The van der Waals surface area contributed by atoms with Crippen LogP contribution in [0.25, 0.3) is 0 Å². The first-order chi connectivity index (χ1) is 28.4. The molecule has 58 heavy (non-hydrogen) atoms. The Hall–Kier alpha value is -0.980. The number of unbranched alkanes of at least 4 members (excludes halogenated alkanes) is 5. The third kappa shape index (κ3) is 24.5. The SMILES string of the molecule is CCCCCCN1CCC(C2CCN(CCCCCN3CCC(CCC(=O)CCOCCOC)CC3)CC2)CC1.COCCOCCC(=O)CCC1CCN(C)CC1. The number of carbonyl (C=O) groups is 2. The Bertz CT molecular complexity index is 989. The van der Waals surface area contributed by atoms with Gasteiger partial charge in [-0.1, -0.05) is 32.6 Å². The molecule has 0 spiro atoms. The molecule has 0 aromatic rings. The summed E-state index contributed by atoms with van der Waals surface area (Å²) in [6, 6.07) is 0. The van der Waals surface area contributed by atoms with Crippen molar-refractivity contribution < 1.29 is 28.5 Å². The predicted octanol–water partition coefficient (Wildman–Crippen LogP) is 8.01. The molecule has 0 saturated carbocycles. The summed E-state index contributed by atoms with van der Waals surface area (Å²) in [7, 11) is 5.48. The van der Waals surface area contributed by atoms with E-state index in [4.69, 9.17) is 18.9 Å². The number of piperidine rings is 4. The largest absolute Gasteiger partial charge is 0.382 e. The molecule has 4 heterocycles. The summed E-state index contributed by atoms with van der Waals surface area (Å²) in [6.45, 7) is 19.9. The Morgan fingerprint density at radius 2 is 0.845 bits per heavy atom. The van der Waals surface area contributed by atoms with Crippen LogP contribution in [0.3, 0.4) is 0 Å². The second kappa shape index (κ2) is 33.6. The van der Waals surface area contributed by atoms with Crippen LogP contribution in [-0.2, 0) is 28.5 Å². The van der Waals surface area contributed by atoms with Gasteiger partial charge in [-0.3, -0.25) is 9.59 Å². The normalized spacial score (nSPS) is 20.3. The molecule has 10 nitrogen and oxygen atoms in total. The summed E-state index contributed by atoms with van der Waals surface area (Å²) in [6.07, 6.45) is 25.2. The summed E-state index contributed by atoms with van der Waals surface area (Å²) in [5, 5.41) is 0. The second-order valence-electron chi connectivity index (χ2n) is 18.4. The molecule has 4 fully saturated rings. The van der Waals surface area contributed by atoms with Crippen molar-refractivity contribution in [3.8, 4) is 0 Å². The smallest absolute Gasteiger partial charge is 0.135 e. The van der Waals surface area contributed by atoms with Crippen LogP contribution in [0.4, 0.5) is 0 Å². The van der Waals surface area contributed by atoms with Gasteiger partial charge < -0.3 is 38.5 Å². The quantitative estimate of drug-likeness (QED) is 0.0666. The molecule has 10 heteroatoms. The minimum atomic E-state index is 0.339. The number of methoxy groups -OCH3 is 2. The van der Waals surface area contributed by atoms with Crippen molar-refractivity contribution in [1.29, 1.82) is 0 Å². The first-order valence-corrected chi connectivity index (χ1v) is 24.4. The molecule has 340 valence electrons. The van der Waals surface area contributed by atoms with E-state index in [1.165, 1.54) is 168 Å². The highest BCUT2D eigenvalue weighted by molar-refractivity contribution is 5.78. The van der Waals surface area contributed by atoms with Crippen LogP contribution < -0.4 is 0 Å². The molecule has 0 unspecified atom stereocenters. The van der Waals surface area contributed by atoms with Crippen molar-refractivity contribution in [2.24, 2.45) is 23.7 Å². The van der Waals surface area contributed by atoms with Crippen molar-refractivity contribution in [1.82, 2.24) is 19.6 Å². The maximum absolute atomic E-state index is 12.1. The molecule has 0 atom stereocenters. The van der Waals surface area contributed by atoms with Crippen molar-refractivity contribution in [2.75, 3.05) is 133 Å². The van der Waals surface area contributed by atoms with Crippen LogP contribution in [0.2, 0.25) is 0 Å². The van der Waals surface area contributed by atoms with Gasteiger partial charge in [0.2, 0.25) is 0 Å². The Labute approximate surface area is 357 Å². The fourth-order valence-corrected chi connectivity index (χ4v) is 9.60. The van der Waals surface area contributed by atoms with Crippen LogP contribution in [0.15, 0.2) is 0 Å². The van der Waals surface area contributed by atoms with E-state index < -0.39 is 0 Å². The van der Waals surface area contributed by atoms with Gasteiger partial charge in [0.05, 0.1) is 39.6 Å². The van der Waals surface area contributed by atoms with Crippen molar-refractivity contribution in [3.63, 3.8) is 0 Å². The summed E-state index contributed by atoms with van der Waals surface area (Å²) in [5.74, 6) is 4.19. The zero-order valence-electron chi connectivity index (χ0n) is 38.4. The fourth-order valence-electron chi connectivity index (χ4n) is 9.60. The minimum Gasteiger partial charge on any atom is -0.382 e. The second-order valence-corrected chi connectivity index (χ2v) is 18.4. The highest BCUT2D eigenvalue weighted by Crippen LogP contribution is 2.33. The number of likely N-dealkylation sites (tertiary alicyclic amines) is 4. The lowest BCUT2D eigenvalue weighted by Gasteiger charge is -2.40. The van der Waals surface area contributed by atoms with E-state index in [1.807, 2.05) is 0 Å². The number of hydrogen-bond acceptors (Lipinski definition) is 10. The maximum Gasteiger partial charge on any atom is 0.135 e. The van der Waals surface area contributed by atoms with Crippen LogP contribution >= 0.6 is 0 Å². The maximum atomic E-state index is 12.1. The highest BCUT2D eigenvalue weighted by Gasteiger charge is 2.29. The van der Waals surface area contributed by atoms with Gasteiger partial charge in [0.1, 0.15) is 11.6 Å². The third-order valence-electron chi connectivity index (χ3n) is 13.8. The van der Waals surface area contributed by atoms with E-state index in [0.717, 1.165) is 49.4 Å². The zero-order chi connectivity index (χ0) is 41.5. The molecule has 0 bridgehead atoms. The summed E-state index contributed by atoms with van der Waals surface area (Å²) < 4.78 is 20.6. The molecular formula is C48H92N4O6. The minimum absolute atomic E-state index is 0.339. The van der Waals surface area contributed by atoms with E-state index in [-0.39, 0.29) is 0 Å². The first kappa shape index (κ1) is 51.4. The molecule has 0 N–H and O–H groups in total. The van der Waals surface area contributed by atoms with Crippen LogP contribution in [0.1, 0.15) is 142 Å². The molecule has 0 aromatic carbocycles. The molecule has 4 aliphatic rings. The van der Waals surface area contributed by atoms with Crippen LogP contribution in [0.5, 0.6) is 0 Å². The topological polar surface area (TPSA) is 84.0 Å². The molecule has 4 saturated heterocycles. The van der Waals surface area contributed by atoms with Gasteiger partial charge in [-0.25, -0.2) is 0 Å². The highest BCUT2D eigenvalue weighted by atomic mass is 16.5. The fraction of sp³-hybridized carbons (Fsp3) is 0.958. The van der Waals surface area contributed by atoms with Crippen LogP contribution in [0, 0.1) is 23.7 Å². The van der Waals surface area contributed by atoms with E-state index >= 15 is 0 Å². The van der Waals surface area contributed by atoms with Crippen molar-refractivity contribution in [3.05, 3.63) is 0 Å². The Morgan fingerprint density at radius 1 is 0.466 bits per heavy atom. The van der Waals surface area contributed by atoms with E-state index in [0.29, 0.717) is 64.0 Å². The van der Waals surface area contributed by atoms with Gasteiger partial charge in [-0.05, 0) is 186 Å². The standard InChI is InChI=1S/C34H65N3O3.C14H27NO3/c1-3-4-5-7-19-36-24-14-32(15-25-36)33-16-26-37(27-17-33)21-9-6-8-20-35-22-12-31(13-23-35)10-11-34(38)18-28-40-30-29-39-2;1-15-8-5-13(6-9-15)3-4-14(16)7-10-18-12-11-17-2/h31-33H,3-30H2,1-2H3;13H,3-12H2,1-2H3. The summed E-state index contributed by atoms with van der Waals surface area (Å²) >= 11 is 0. The van der Waals surface area contributed by atoms with Gasteiger partial charge >= 0.3 is 0 Å². The summed E-state index contributed by atoms with van der Waals surface area (Å²) in [4.78, 5) is 34.3. The van der Waals surface area contributed by atoms with Gasteiger partial charge in [-0.2, -0.15) is 0 Å². The molecule has 4 aliphatic heterocycles. The first-order valence-electron chi connectivity index (χ1n) is 24.4. The monoisotopic (exact) mass is 821 g/mol. The van der Waals surface area contributed by atoms with E-state index in [9.17, 15) is 9.59 Å². The van der Waals surface area contributed by atoms with E-state index in [1.54, 1.807) is 14.2 Å². The Kier molecular flexibility index (Phi) is 29.8. The number of nitrogens with zero attached hydrogens (tertiary/aromatic N) is 4. The lowest BCUT2D eigenvalue weighted by Crippen LogP contribution is -2.41. The average molecular weight is 821 g/mol. The third-order valence-corrected chi connectivity index (χ3v) is 13.8. The van der Waals surface area contributed by atoms with Gasteiger partial charge in [0.15, 0.2) is 0 Å². The number of ketones is 2. The van der Waals surface area contributed by atoms with Gasteiger partial charge in [-0.15, -0.1) is 0 Å². The molecule has 0 radical (unpaired) electrons. The van der Waals surface area contributed by atoms with E-state index in [2.05, 4.69) is 33.6 Å². The van der Waals surface area contributed by atoms with Crippen molar-refractivity contribution in [2.45, 2.75) is 142 Å². The molecule has 0 aromatic heterocycles. The number of rotatable bonds is 30. The number of hydrogen-bond donors (Lipinski definition) is 0. The predicted molar refractivity (Wildman–Crippen MR) is 239 cm³/mol. The average Bonchev–Trinajstić information content (AvgIpc) is 3.25. The molecular weight excluding hydrogens is 729 g/mol. The van der Waals surface area contributed by atoms with Gasteiger partial charge in [0.25, 0.3) is 0 Å². The molecule has 0 aliphatic carbocycles. The Balaban J connectivity index is 0.000000417. The van der Waals surface area contributed by atoms with Crippen molar-refractivity contribution >= 4 is 11.6 Å². The number of ether oxygens (including phenoxy) is 4. The van der Waals surface area contributed by atoms with Crippen LogP contribution in [-0.4, -0.2) is 164 Å². The molecule has 4 rings (SSSR count). The number of carbonyl (C=O) groups excluding carboxylic acids is 2. The lowest BCUT2D eigenvalue weighted by molar-refractivity contribution is -0.121. The lowest BCUT2D eigenvalue weighted by atomic mass is 9.78. The molecule has 0 amide bonds. The summed E-state index contributed by atoms with van der Waals surface area (Å²) in [5.41, 5.74) is 0. The zero-order valence-corrected chi connectivity index (χ0v) is 38.4.